The molecule has 21 heavy (non-hydrogen) atoms. The Labute approximate surface area is 130 Å². The number of amides is 2. The van der Waals surface area contributed by atoms with E-state index in [1.54, 1.807) is 6.07 Å². The van der Waals surface area contributed by atoms with Crippen molar-refractivity contribution in [3.8, 4) is 0 Å². The Morgan fingerprint density at radius 2 is 2.14 bits per heavy atom. The number of hydrogen-bond acceptors (Lipinski definition) is 3. The van der Waals surface area contributed by atoms with Gasteiger partial charge in [0.1, 0.15) is 0 Å². The van der Waals surface area contributed by atoms with Gasteiger partial charge < -0.3 is 16.0 Å². The van der Waals surface area contributed by atoms with Crippen molar-refractivity contribution in [1.29, 1.82) is 0 Å². The molecule has 3 N–H and O–H groups in total. The van der Waals surface area contributed by atoms with Crippen LogP contribution in [0.2, 0.25) is 0 Å². The van der Waals surface area contributed by atoms with E-state index in [2.05, 4.69) is 5.32 Å². The highest BCUT2D eigenvalue weighted by molar-refractivity contribution is 5.98. The number of nitrogens with two attached hydrogens (primary N) is 1. The largest absolute Gasteiger partial charge is 0.337 e. The number of nitrogens with zero attached hydrogens (tertiary/aromatic N) is 1. The molecule has 6 heteroatoms. The van der Waals surface area contributed by atoms with Crippen molar-refractivity contribution in [3.63, 3.8) is 0 Å². The number of fused-ring (bicyclic) bond motifs is 1. The first-order valence-corrected chi connectivity index (χ1v) is 7.11. The molecular weight excluding hydrogens is 290 g/mol. The van der Waals surface area contributed by atoms with Crippen LogP contribution in [0, 0.1) is 0 Å². The quantitative estimate of drug-likeness (QED) is 0.826. The van der Waals surface area contributed by atoms with Crippen LogP contribution in [0.1, 0.15) is 35.2 Å². The lowest BCUT2D eigenvalue weighted by Gasteiger charge is -2.31. The fourth-order valence-corrected chi connectivity index (χ4v) is 2.89. The first-order valence-electron chi connectivity index (χ1n) is 7.11. The molecule has 1 unspecified atom stereocenters. The Hall–Kier alpha value is -1.59. The fraction of sp³-hybridized carbons (Fsp3) is 0.467. The van der Waals surface area contributed by atoms with Gasteiger partial charge in [-0.25, -0.2) is 0 Å². The first kappa shape index (κ1) is 15.8. The minimum atomic E-state index is 0. The van der Waals surface area contributed by atoms with Crippen LogP contribution in [0.25, 0.3) is 0 Å². The predicted octanol–water partition coefficient (Wildman–Crippen LogP) is 1.56. The highest BCUT2D eigenvalue weighted by atomic mass is 35.5. The monoisotopic (exact) mass is 309 g/mol. The van der Waals surface area contributed by atoms with Gasteiger partial charge in [0.05, 0.1) is 0 Å². The van der Waals surface area contributed by atoms with Crippen molar-refractivity contribution >= 4 is 29.9 Å². The van der Waals surface area contributed by atoms with Gasteiger partial charge >= 0.3 is 0 Å². The number of hydrogen-bond donors (Lipinski definition) is 2. The predicted molar refractivity (Wildman–Crippen MR) is 83.8 cm³/mol. The van der Waals surface area contributed by atoms with Crippen molar-refractivity contribution in [1.82, 2.24) is 4.90 Å². The van der Waals surface area contributed by atoms with Crippen molar-refractivity contribution in [2.75, 3.05) is 18.4 Å². The molecule has 5 nitrogen and oxygen atoms in total. The number of likely N-dealkylation sites (tertiary alicyclic amines) is 1. The van der Waals surface area contributed by atoms with Gasteiger partial charge in [-0.05, 0) is 43.0 Å². The van der Waals surface area contributed by atoms with E-state index in [9.17, 15) is 9.59 Å². The molecule has 0 radical (unpaired) electrons. The SMILES string of the molecule is Cl.NC1CCCN(C(=O)c2ccc3c(c2)CCC(=O)N3)C1. The normalized spacial score (nSPS) is 21.1. The summed E-state index contributed by atoms with van der Waals surface area (Å²) in [5, 5.41) is 2.83. The molecule has 0 spiro atoms. The highest BCUT2D eigenvalue weighted by Crippen LogP contribution is 2.24. The molecule has 0 aliphatic carbocycles. The zero-order valence-corrected chi connectivity index (χ0v) is 12.6. The minimum Gasteiger partial charge on any atom is -0.337 e. The lowest BCUT2D eigenvalue weighted by Crippen LogP contribution is -2.45. The molecule has 0 bridgehead atoms. The van der Waals surface area contributed by atoms with E-state index in [0.717, 1.165) is 30.6 Å². The smallest absolute Gasteiger partial charge is 0.253 e. The van der Waals surface area contributed by atoms with Gasteiger partial charge in [0.2, 0.25) is 5.91 Å². The summed E-state index contributed by atoms with van der Waals surface area (Å²) >= 11 is 0. The molecule has 1 saturated heterocycles. The Morgan fingerprint density at radius 3 is 2.90 bits per heavy atom. The van der Waals surface area contributed by atoms with Gasteiger partial charge in [-0.3, -0.25) is 9.59 Å². The summed E-state index contributed by atoms with van der Waals surface area (Å²) in [4.78, 5) is 25.6. The van der Waals surface area contributed by atoms with Crippen LogP contribution in [0.4, 0.5) is 5.69 Å². The van der Waals surface area contributed by atoms with Crippen molar-refractivity contribution in [2.45, 2.75) is 31.7 Å². The molecule has 1 aromatic rings. The van der Waals surface area contributed by atoms with Gasteiger partial charge in [0, 0.05) is 36.8 Å². The molecule has 1 fully saturated rings. The van der Waals surface area contributed by atoms with E-state index >= 15 is 0 Å². The number of aryl methyl sites for hydroxylation is 1. The number of halogens is 1. The van der Waals surface area contributed by atoms with Crippen LogP contribution in [0.5, 0.6) is 0 Å². The molecule has 0 saturated carbocycles. The summed E-state index contributed by atoms with van der Waals surface area (Å²) in [6.07, 6.45) is 3.13. The van der Waals surface area contributed by atoms with Crippen molar-refractivity contribution in [3.05, 3.63) is 29.3 Å². The van der Waals surface area contributed by atoms with Crippen LogP contribution in [0.15, 0.2) is 18.2 Å². The number of benzene rings is 1. The molecule has 3 rings (SSSR count). The Bertz CT molecular complexity index is 562. The zero-order chi connectivity index (χ0) is 14.1. The Morgan fingerprint density at radius 1 is 1.33 bits per heavy atom. The zero-order valence-electron chi connectivity index (χ0n) is 11.8. The highest BCUT2D eigenvalue weighted by Gasteiger charge is 2.23. The van der Waals surface area contributed by atoms with E-state index < -0.39 is 0 Å². The molecule has 1 aromatic carbocycles. The summed E-state index contributed by atoms with van der Waals surface area (Å²) in [5.41, 5.74) is 8.48. The van der Waals surface area contributed by atoms with E-state index in [0.29, 0.717) is 24.9 Å². The van der Waals surface area contributed by atoms with Crippen molar-refractivity contribution in [2.24, 2.45) is 5.73 Å². The van der Waals surface area contributed by atoms with Gasteiger partial charge in [-0.1, -0.05) is 0 Å². The second-order valence-corrected chi connectivity index (χ2v) is 5.57. The van der Waals surface area contributed by atoms with Crippen LogP contribution in [-0.2, 0) is 11.2 Å². The molecule has 0 aromatic heterocycles. The summed E-state index contributed by atoms with van der Waals surface area (Å²) in [6.45, 7) is 1.41. The maximum atomic E-state index is 12.5. The number of anilines is 1. The second-order valence-electron chi connectivity index (χ2n) is 5.57. The standard InChI is InChI=1S/C15H19N3O2.ClH/c16-12-2-1-7-18(9-12)15(20)11-3-5-13-10(8-11)4-6-14(19)17-13;/h3,5,8,12H,1-2,4,6-7,9,16H2,(H,17,19);1H. The van der Waals surface area contributed by atoms with Gasteiger partial charge in [0.15, 0.2) is 0 Å². The molecule has 2 aliphatic rings. The van der Waals surface area contributed by atoms with Gasteiger partial charge in [-0.2, -0.15) is 0 Å². The lowest BCUT2D eigenvalue weighted by atomic mass is 9.99. The summed E-state index contributed by atoms with van der Waals surface area (Å²) in [5.74, 6) is 0.0819. The fourth-order valence-electron chi connectivity index (χ4n) is 2.89. The third-order valence-electron chi connectivity index (χ3n) is 3.99. The third kappa shape index (κ3) is 3.36. The van der Waals surface area contributed by atoms with E-state index in [-0.39, 0.29) is 30.3 Å². The van der Waals surface area contributed by atoms with Gasteiger partial charge in [-0.15, -0.1) is 12.4 Å². The number of carbonyl (C=O) groups excluding carboxylic acids is 2. The minimum absolute atomic E-state index is 0. The topological polar surface area (TPSA) is 75.4 Å². The lowest BCUT2D eigenvalue weighted by molar-refractivity contribution is -0.116. The first-order chi connectivity index (χ1) is 9.63. The Balaban J connectivity index is 0.00000161. The van der Waals surface area contributed by atoms with Crippen LogP contribution in [0.3, 0.4) is 0 Å². The summed E-state index contributed by atoms with van der Waals surface area (Å²) < 4.78 is 0. The van der Waals surface area contributed by atoms with E-state index in [1.165, 1.54) is 0 Å². The summed E-state index contributed by atoms with van der Waals surface area (Å²) in [6, 6.07) is 5.60. The Kier molecular flexibility index (Phi) is 4.85. The average Bonchev–Trinajstić information content (AvgIpc) is 2.46. The maximum Gasteiger partial charge on any atom is 0.253 e. The number of carbonyl (C=O) groups is 2. The van der Waals surface area contributed by atoms with Crippen LogP contribution < -0.4 is 11.1 Å². The van der Waals surface area contributed by atoms with Crippen molar-refractivity contribution < 1.29 is 9.59 Å². The summed E-state index contributed by atoms with van der Waals surface area (Å²) in [7, 11) is 0. The molecule has 1 atom stereocenters. The second kappa shape index (κ2) is 6.45. The number of rotatable bonds is 1. The van der Waals surface area contributed by atoms with E-state index in [4.69, 9.17) is 5.73 Å². The number of nitrogens with one attached hydrogen (secondary N) is 1. The van der Waals surface area contributed by atoms with Crippen LogP contribution >= 0.6 is 12.4 Å². The molecule has 2 aliphatic heterocycles. The molecule has 114 valence electrons. The number of piperidine rings is 1. The maximum absolute atomic E-state index is 12.5. The van der Waals surface area contributed by atoms with E-state index in [1.807, 2.05) is 17.0 Å². The van der Waals surface area contributed by atoms with Crippen LogP contribution in [-0.4, -0.2) is 35.8 Å². The average molecular weight is 310 g/mol. The third-order valence-corrected chi connectivity index (χ3v) is 3.99. The molecule has 2 heterocycles. The van der Waals surface area contributed by atoms with Gasteiger partial charge in [0.25, 0.3) is 5.91 Å². The molecule has 2 amide bonds. The molecular formula is C15H20ClN3O2.